The van der Waals surface area contributed by atoms with Gasteiger partial charge in [0.05, 0.1) is 11.7 Å². The van der Waals surface area contributed by atoms with Gasteiger partial charge in [-0.15, -0.1) is 0 Å². The van der Waals surface area contributed by atoms with E-state index in [1.165, 1.54) is 11.3 Å². The number of aromatic nitrogens is 4. The van der Waals surface area contributed by atoms with Crippen molar-refractivity contribution in [1.29, 1.82) is 0 Å². The molecule has 0 aliphatic carbocycles. The van der Waals surface area contributed by atoms with E-state index in [1.807, 2.05) is 48.5 Å². The molecule has 7 heteroatoms. The average molecular weight is 364 g/mol. The van der Waals surface area contributed by atoms with Crippen LogP contribution in [0, 0.1) is 0 Å². The lowest BCUT2D eigenvalue weighted by molar-refractivity contribution is 0.0939. The summed E-state index contributed by atoms with van der Waals surface area (Å²) < 4.78 is 3.94. The fraction of sp³-hybridized carbons (Fsp3) is 0.350. The van der Waals surface area contributed by atoms with E-state index in [0.29, 0.717) is 12.2 Å². The van der Waals surface area contributed by atoms with Crippen LogP contribution in [-0.4, -0.2) is 43.2 Å². The summed E-state index contributed by atoms with van der Waals surface area (Å²) in [6, 6.07) is 10.1. The lowest BCUT2D eigenvalue weighted by Gasteiger charge is -2.34. The van der Waals surface area contributed by atoms with E-state index >= 15 is 0 Å². The van der Waals surface area contributed by atoms with Crippen molar-refractivity contribution in [2.24, 2.45) is 7.05 Å². The fourth-order valence-electron chi connectivity index (χ4n) is 3.68. The van der Waals surface area contributed by atoms with Gasteiger partial charge in [-0.25, -0.2) is 0 Å². The van der Waals surface area contributed by atoms with Crippen molar-refractivity contribution in [2.75, 3.05) is 13.1 Å². The number of hydrogen-bond acceptors (Lipinski definition) is 4. The molecule has 1 atom stereocenters. The number of fused-ring (bicyclic) bond motifs is 1. The van der Waals surface area contributed by atoms with Crippen molar-refractivity contribution < 1.29 is 4.79 Å². The Hall–Kier alpha value is -2.93. The monoisotopic (exact) mass is 364 g/mol. The zero-order valence-electron chi connectivity index (χ0n) is 15.5. The molecular formula is C20H24N6O. The Morgan fingerprint density at radius 2 is 2.07 bits per heavy atom. The van der Waals surface area contributed by atoms with E-state index in [4.69, 9.17) is 0 Å². The Labute approximate surface area is 158 Å². The first-order chi connectivity index (χ1) is 13.2. The molecule has 4 heterocycles. The molecule has 7 nitrogen and oxygen atoms in total. The Morgan fingerprint density at radius 3 is 2.85 bits per heavy atom. The smallest absolute Gasteiger partial charge is 0.267 e. The molecule has 1 N–H and O–H groups in total. The lowest BCUT2D eigenvalue weighted by atomic mass is 10.1. The molecule has 1 amide bonds. The van der Waals surface area contributed by atoms with Crippen LogP contribution in [0.25, 0.3) is 0 Å². The van der Waals surface area contributed by atoms with Crippen LogP contribution in [0.4, 0.5) is 0 Å². The highest BCUT2D eigenvalue weighted by Crippen LogP contribution is 2.24. The summed E-state index contributed by atoms with van der Waals surface area (Å²) in [4.78, 5) is 18.8. The first-order valence-corrected chi connectivity index (χ1v) is 9.24. The average Bonchev–Trinajstić information content (AvgIpc) is 3.31. The van der Waals surface area contributed by atoms with Crippen molar-refractivity contribution in [3.8, 4) is 0 Å². The summed E-state index contributed by atoms with van der Waals surface area (Å²) in [7, 11) is 1.88. The van der Waals surface area contributed by atoms with Crippen LogP contribution in [0.3, 0.4) is 0 Å². The first-order valence-electron chi connectivity index (χ1n) is 9.24. The van der Waals surface area contributed by atoms with Crippen LogP contribution < -0.4 is 5.32 Å². The zero-order chi connectivity index (χ0) is 18.6. The summed E-state index contributed by atoms with van der Waals surface area (Å²) in [5.41, 5.74) is 3.15. The van der Waals surface area contributed by atoms with Crippen LogP contribution >= 0.6 is 0 Å². The summed E-state index contributed by atoms with van der Waals surface area (Å²) in [6.45, 7) is 3.31. The molecule has 0 saturated heterocycles. The Kier molecular flexibility index (Phi) is 5.02. The predicted octanol–water partition coefficient (Wildman–Crippen LogP) is 1.99. The number of carbonyl (C=O) groups is 1. The van der Waals surface area contributed by atoms with Gasteiger partial charge in [-0.1, -0.05) is 0 Å². The quantitative estimate of drug-likeness (QED) is 0.726. The molecule has 0 spiro atoms. The van der Waals surface area contributed by atoms with Crippen LogP contribution in [0.5, 0.6) is 0 Å². The van der Waals surface area contributed by atoms with Gasteiger partial charge in [-0.2, -0.15) is 5.10 Å². The van der Waals surface area contributed by atoms with Gasteiger partial charge >= 0.3 is 0 Å². The molecule has 0 fully saturated rings. The van der Waals surface area contributed by atoms with Crippen molar-refractivity contribution in [1.82, 2.24) is 29.5 Å². The number of amides is 1. The zero-order valence-corrected chi connectivity index (χ0v) is 15.5. The summed E-state index contributed by atoms with van der Waals surface area (Å²) in [6.07, 6.45) is 8.25. The summed E-state index contributed by atoms with van der Waals surface area (Å²) in [5, 5.41) is 7.54. The molecule has 4 rings (SSSR count). The molecule has 1 aliphatic rings. The van der Waals surface area contributed by atoms with Crippen molar-refractivity contribution >= 4 is 5.91 Å². The van der Waals surface area contributed by atoms with Gasteiger partial charge in [0, 0.05) is 58.0 Å². The molecule has 0 bridgehead atoms. The maximum atomic E-state index is 12.3. The highest BCUT2D eigenvalue weighted by Gasteiger charge is 2.25. The largest absolute Gasteiger partial charge is 0.351 e. The Morgan fingerprint density at radius 1 is 1.22 bits per heavy atom. The van der Waals surface area contributed by atoms with Gasteiger partial charge in [0.25, 0.3) is 5.91 Å². The van der Waals surface area contributed by atoms with Crippen LogP contribution in [0.1, 0.15) is 34.2 Å². The number of pyridine rings is 1. The van der Waals surface area contributed by atoms with Gasteiger partial charge in [-0.3, -0.25) is 19.4 Å². The van der Waals surface area contributed by atoms with Gasteiger partial charge in [0.2, 0.25) is 0 Å². The fourth-order valence-corrected chi connectivity index (χ4v) is 3.68. The summed E-state index contributed by atoms with van der Waals surface area (Å²) >= 11 is 0. The minimum atomic E-state index is -0.0346. The molecule has 0 saturated carbocycles. The molecule has 0 aromatic carbocycles. The highest BCUT2D eigenvalue weighted by atomic mass is 16.1. The van der Waals surface area contributed by atoms with Crippen LogP contribution in [0.2, 0.25) is 0 Å². The minimum Gasteiger partial charge on any atom is -0.351 e. The van der Waals surface area contributed by atoms with Crippen molar-refractivity contribution in [3.05, 3.63) is 72.1 Å². The molecule has 0 unspecified atom stereocenters. The van der Waals surface area contributed by atoms with Crippen LogP contribution in [-0.2, 0) is 20.1 Å². The lowest BCUT2D eigenvalue weighted by Crippen LogP contribution is -2.39. The van der Waals surface area contributed by atoms with E-state index in [9.17, 15) is 4.79 Å². The third-order valence-electron chi connectivity index (χ3n) is 5.05. The number of hydrogen-bond donors (Lipinski definition) is 1. The third kappa shape index (κ3) is 3.93. The van der Waals surface area contributed by atoms with E-state index in [1.54, 1.807) is 0 Å². The number of carbonyl (C=O) groups excluding carboxylic acids is 1. The molecular weight excluding hydrogens is 340 g/mol. The van der Waals surface area contributed by atoms with E-state index in [-0.39, 0.29) is 11.9 Å². The van der Waals surface area contributed by atoms with Gasteiger partial charge in [-0.05, 0) is 42.3 Å². The van der Waals surface area contributed by atoms with Gasteiger partial charge in [0.1, 0.15) is 5.69 Å². The third-order valence-corrected chi connectivity index (χ3v) is 5.05. The van der Waals surface area contributed by atoms with Crippen LogP contribution in [0.15, 0.2) is 55.1 Å². The maximum absolute atomic E-state index is 12.3. The first kappa shape index (κ1) is 17.5. The number of rotatable bonds is 6. The minimum absolute atomic E-state index is 0.0346. The van der Waals surface area contributed by atoms with E-state index < -0.39 is 0 Å². The second-order valence-electron chi connectivity index (χ2n) is 6.99. The number of nitrogens with zero attached hydrogens (tertiary/aromatic N) is 5. The SMILES string of the molecule is Cn1cccc1C(=O)NCC[C@@H]1CN(Cc2ccncc2)Cc2ccnn21. The molecule has 27 heavy (non-hydrogen) atoms. The second kappa shape index (κ2) is 7.75. The molecule has 0 radical (unpaired) electrons. The molecule has 3 aromatic rings. The molecule has 3 aromatic heterocycles. The van der Waals surface area contributed by atoms with Crippen molar-refractivity contribution in [3.63, 3.8) is 0 Å². The standard InChI is InChI=1S/C20H24N6O/c1-24-12-2-3-19(24)20(27)22-10-6-17-14-25(13-16-4-8-21-9-5-16)15-18-7-11-23-26(17)18/h2-5,7-9,11-12,17H,6,10,13-15H2,1H3,(H,22,27)/t17-/m1/s1. The van der Waals surface area contributed by atoms with Crippen molar-refractivity contribution in [2.45, 2.75) is 25.6 Å². The molecule has 1 aliphatic heterocycles. The van der Waals surface area contributed by atoms with Gasteiger partial charge in [0.15, 0.2) is 0 Å². The Bertz CT molecular complexity index is 900. The molecule has 140 valence electrons. The number of nitrogens with one attached hydrogen (secondary N) is 1. The highest BCUT2D eigenvalue weighted by molar-refractivity contribution is 5.92. The predicted molar refractivity (Wildman–Crippen MR) is 102 cm³/mol. The number of aryl methyl sites for hydroxylation is 1. The maximum Gasteiger partial charge on any atom is 0.267 e. The van der Waals surface area contributed by atoms with E-state index in [0.717, 1.165) is 26.1 Å². The summed E-state index contributed by atoms with van der Waals surface area (Å²) in [5.74, 6) is -0.0346. The topological polar surface area (TPSA) is 68.0 Å². The normalized spacial score (nSPS) is 16.9. The Balaban J connectivity index is 1.38. The van der Waals surface area contributed by atoms with Gasteiger partial charge < -0.3 is 9.88 Å². The second-order valence-corrected chi connectivity index (χ2v) is 6.99. The van der Waals surface area contributed by atoms with E-state index in [2.05, 4.69) is 43.2 Å².